The van der Waals surface area contributed by atoms with Gasteiger partial charge in [-0.05, 0) is 19.3 Å². The van der Waals surface area contributed by atoms with Crippen LogP contribution in [-0.4, -0.2) is 35.1 Å². The molecule has 0 amide bonds. The first kappa shape index (κ1) is 17.1. The molecular formula is C16H29N3S2. The van der Waals surface area contributed by atoms with Crippen LogP contribution < -0.4 is 10.2 Å². The minimum atomic E-state index is 0.519. The van der Waals surface area contributed by atoms with Crippen LogP contribution in [0.5, 0.6) is 0 Å². The molecule has 1 saturated heterocycles. The van der Waals surface area contributed by atoms with Gasteiger partial charge in [0.15, 0.2) is 5.13 Å². The fraction of sp³-hybridized carbons (Fsp3) is 0.812. The summed E-state index contributed by atoms with van der Waals surface area (Å²) in [5.74, 6) is 2.99. The Morgan fingerprint density at radius 1 is 1.38 bits per heavy atom. The summed E-state index contributed by atoms with van der Waals surface area (Å²) < 4.78 is 0. The van der Waals surface area contributed by atoms with Crippen LogP contribution in [0.4, 0.5) is 5.13 Å². The third-order valence-corrected chi connectivity index (χ3v) is 6.38. The normalized spacial score (nSPS) is 21.0. The van der Waals surface area contributed by atoms with E-state index in [0.717, 1.165) is 19.5 Å². The van der Waals surface area contributed by atoms with Crippen LogP contribution in [-0.2, 0) is 6.54 Å². The summed E-state index contributed by atoms with van der Waals surface area (Å²) in [6.07, 6.45) is 1.16. The highest BCUT2D eigenvalue weighted by atomic mass is 32.2. The number of thiazole rings is 1. The lowest BCUT2D eigenvalue weighted by molar-refractivity contribution is 0.584. The van der Waals surface area contributed by atoms with Crippen molar-refractivity contribution in [1.82, 2.24) is 10.3 Å². The average Bonchev–Trinajstić information content (AvgIpc) is 2.88. The molecule has 2 rings (SSSR count). The summed E-state index contributed by atoms with van der Waals surface area (Å²) in [6.45, 7) is 13.4. The van der Waals surface area contributed by atoms with E-state index >= 15 is 0 Å². The van der Waals surface area contributed by atoms with E-state index < -0.39 is 0 Å². The van der Waals surface area contributed by atoms with E-state index in [9.17, 15) is 0 Å². The Hall–Kier alpha value is -0.260. The fourth-order valence-electron chi connectivity index (χ4n) is 2.49. The highest BCUT2D eigenvalue weighted by Crippen LogP contribution is 2.34. The summed E-state index contributed by atoms with van der Waals surface area (Å²) in [5, 5.41) is 4.79. The molecule has 2 heterocycles. The SMILES string of the molecule is CCC(C)c1nc(N2CCSCC2C)sc1CNC(C)C. The van der Waals surface area contributed by atoms with E-state index in [1.807, 2.05) is 11.3 Å². The molecule has 1 aliphatic heterocycles. The number of nitrogens with zero attached hydrogens (tertiary/aromatic N) is 2. The second kappa shape index (κ2) is 7.84. The van der Waals surface area contributed by atoms with Gasteiger partial charge in [-0.15, -0.1) is 11.3 Å². The zero-order valence-corrected chi connectivity index (χ0v) is 15.6. The van der Waals surface area contributed by atoms with E-state index in [-0.39, 0.29) is 0 Å². The summed E-state index contributed by atoms with van der Waals surface area (Å²) in [7, 11) is 0. The number of aromatic nitrogens is 1. The minimum absolute atomic E-state index is 0.519. The lowest BCUT2D eigenvalue weighted by Gasteiger charge is -2.32. The van der Waals surface area contributed by atoms with Crippen molar-refractivity contribution in [2.24, 2.45) is 0 Å². The predicted molar refractivity (Wildman–Crippen MR) is 96.9 cm³/mol. The molecule has 0 radical (unpaired) electrons. The topological polar surface area (TPSA) is 28.2 Å². The number of hydrogen-bond acceptors (Lipinski definition) is 5. The van der Waals surface area contributed by atoms with Gasteiger partial charge in [0.1, 0.15) is 0 Å². The van der Waals surface area contributed by atoms with Gasteiger partial charge < -0.3 is 10.2 Å². The van der Waals surface area contributed by atoms with Crippen molar-refractivity contribution in [2.75, 3.05) is 23.0 Å². The molecule has 0 saturated carbocycles. The second-order valence-corrected chi connectivity index (χ2v) is 8.48. The number of rotatable bonds is 6. The summed E-state index contributed by atoms with van der Waals surface area (Å²) >= 11 is 3.96. The molecule has 1 N–H and O–H groups in total. The number of thioether (sulfide) groups is 1. The maximum atomic E-state index is 5.03. The molecule has 0 bridgehead atoms. The Morgan fingerprint density at radius 2 is 2.14 bits per heavy atom. The van der Waals surface area contributed by atoms with Crippen LogP contribution in [0.25, 0.3) is 0 Å². The molecule has 1 aliphatic rings. The summed E-state index contributed by atoms with van der Waals surface area (Å²) in [4.78, 5) is 8.96. The maximum Gasteiger partial charge on any atom is 0.186 e. The van der Waals surface area contributed by atoms with Gasteiger partial charge in [-0.25, -0.2) is 4.98 Å². The second-order valence-electron chi connectivity index (χ2n) is 6.27. The Labute approximate surface area is 137 Å². The van der Waals surface area contributed by atoms with Crippen molar-refractivity contribution in [2.45, 2.75) is 65.6 Å². The minimum Gasteiger partial charge on any atom is -0.344 e. The van der Waals surface area contributed by atoms with Gasteiger partial charge in [-0.1, -0.05) is 27.7 Å². The van der Waals surface area contributed by atoms with Crippen molar-refractivity contribution >= 4 is 28.2 Å². The number of nitrogens with one attached hydrogen (secondary N) is 1. The Bertz CT molecular complexity index is 445. The highest BCUT2D eigenvalue weighted by molar-refractivity contribution is 7.99. The van der Waals surface area contributed by atoms with Crippen molar-refractivity contribution in [3.05, 3.63) is 10.6 Å². The Kier molecular flexibility index (Phi) is 6.38. The van der Waals surface area contributed by atoms with Gasteiger partial charge in [-0.3, -0.25) is 0 Å². The van der Waals surface area contributed by atoms with Crippen molar-refractivity contribution in [1.29, 1.82) is 0 Å². The van der Waals surface area contributed by atoms with Crippen LogP contribution in [0.2, 0.25) is 0 Å². The molecule has 1 aromatic rings. The Morgan fingerprint density at radius 3 is 2.76 bits per heavy atom. The van der Waals surface area contributed by atoms with E-state index in [1.54, 1.807) is 0 Å². The van der Waals surface area contributed by atoms with Gasteiger partial charge in [-0.2, -0.15) is 11.8 Å². The molecule has 0 aliphatic carbocycles. The molecule has 5 heteroatoms. The largest absolute Gasteiger partial charge is 0.344 e. The molecular weight excluding hydrogens is 298 g/mol. The first-order valence-electron chi connectivity index (χ1n) is 8.10. The van der Waals surface area contributed by atoms with Gasteiger partial charge >= 0.3 is 0 Å². The monoisotopic (exact) mass is 327 g/mol. The first-order chi connectivity index (χ1) is 10.0. The van der Waals surface area contributed by atoms with Crippen molar-refractivity contribution in [3.8, 4) is 0 Å². The summed E-state index contributed by atoms with van der Waals surface area (Å²) in [5.41, 5.74) is 1.32. The van der Waals surface area contributed by atoms with Crippen molar-refractivity contribution in [3.63, 3.8) is 0 Å². The predicted octanol–water partition coefficient (Wildman–Crippen LogP) is 4.10. The smallest absolute Gasteiger partial charge is 0.186 e. The third kappa shape index (κ3) is 4.36. The van der Waals surface area contributed by atoms with Crippen molar-refractivity contribution < 1.29 is 0 Å². The maximum absolute atomic E-state index is 5.03. The molecule has 1 aromatic heterocycles. The average molecular weight is 328 g/mol. The Balaban J connectivity index is 2.21. The summed E-state index contributed by atoms with van der Waals surface area (Å²) in [6, 6.07) is 1.12. The van der Waals surface area contributed by atoms with Crippen LogP contribution in [0.15, 0.2) is 0 Å². The molecule has 0 aromatic carbocycles. The zero-order chi connectivity index (χ0) is 15.4. The van der Waals surface area contributed by atoms with E-state index in [2.05, 4.69) is 56.6 Å². The van der Waals surface area contributed by atoms with Gasteiger partial charge in [0.2, 0.25) is 0 Å². The lowest BCUT2D eigenvalue weighted by atomic mass is 10.0. The standard InChI is InChI=1S/C16H29N3S2/c1-6-12(4)15-14(9-17-11(2)3)21-16(18-15)19-7-8-20-10-13(19)5/h11-13,17H,6-10H2,1-5H3. The molecule has 21 heavy (non-hydrogen) atoms. The van der Waals surface area contributed by atoms with Gasteiger partial charge in [0.05, 0.1) is 5.69 Å². The van der Waals surface area contributed by atoms with E-state index in [4.69, 9.17) is 4.98 Å². The molecule has 1 fully saturated rings. The first-order valence-corrected chi connectivity index (χ1v) is 10.1. The van der Waals surface area contributed by atoms with E-state index in [1.165, 1.54) is 27.2 Å². The lowest BCUT2D eigenvalue weighted by Crippen LogP contribution is -2.40. The highest BCUT2D eigenvalue weighted by Gasteiger charge is 2.24. The molecule has 2 unspecified atom stereocenters. The fourth-order valence-corrected chi connectivity index (χ4v) is 4.76. The number of hydrogen-bond donors (Lipinski definition) is 1. The molecule has 120 valence electrons. The number of anilines is 1. The van der Waals surface area contributed by atoms with Crippen LogP contribution in [0, 0.1) is 0 Å². The molecule has 2 atom stereocenters. The third-order valence-electron chi connectivity index (χ3n) is 4.08. The zero-order valence-electron chi connectivity index (χ0n) is 14.0. The van der Waals surface area contributed by atoms with Crippen LogP contribution >= 0.6 is 23.1 Å². The van der Waals surface area contributed by atoms with Crippen LogP contribution in [0.1, 0.15) is 57.5 Å². The molecule has 0 spiro atoms. The quantitative estimate of drug-likeness (QED) is 0.851. The molecule has 3 nitrogen and oxygen atoms in total. The van der Waals surface area contributed by atoms with E-state index in [0.29, 0.717) is 18.0 Å². The van der Waals surface area contributed by atoms with Gasteiger partial charge in [0, 0.05) is 41.6 Å². The van der Waals surface area contributed by atoms with Crippen LogP contribution in [0.3, 0.4) is 0 Å². The van der Waals surface area contributed by atoms with Gasteiger partial charge in [0.25, 0.3) is 0 Å².